The van der Waals surface area contributed by atoms with Crippen LogP contribution in [0.2, 0.25) is 0 Å². The van der Waals surface area contributed by atoms with Crippen LogP contribution < -0.4 is 11.5 Å². The molecule has 1 saturated carbocycles. The number of rotatable bonds is 4. The van der Waals surface area contributed by atoms with Gasteiger partial charge in [0, 0.05) is 13.6 Å². The predicted octanol–water partition coefficient (Wildman–Crippen LogP) is -1.33. The lowest BCUT2D eigenvalue weighted by molar-refractivity contribution is -0.138. The highest BCUT2D eigenvalue weighted by molar-refractivity contribution is 5.89. The molecule has 0 aromatic heterocycles. The predicted molar refractivity (Wildman–Crippen MR) is 47.6 cm³/mol. The van der Waals surface area contributed by atoms with Gasteiger partial charge in [-0.15, -0.1) is 0 Å². The Labute approximate surface area is 77.1 Å². The molecule has 0 radical (unpaired) electrons. The Balaban J connectivity index is 2.52. The van der Waals surface area contributed by atoms with Gasteiger partial charge in [0.05, 0.1) is 12.0 Å². The Hall–Kier alpha value is -1.10. The summed E-state index contributed by atoms with van der Waals surface area (Å²) in [7, 11) is 1.57. The van der Waals surface area contributed by atoms with Gasteiger partial charge < -0.3 is 16.4 Å². The lowest BCUT2D eigenvalue weighted by Gasteiger charge is -2.20. The lowest BCUT2D eigenvalue weighted by atomic mass is 10.1. The number of hydrogen-bond donors (Lipinski definition) is 2. The molecule has 0 aromatic rings. The highest BCUT2D eigenvalue weighted by Crippen LogP contribution is 2.45. The van der Waals surface area contributed by atoms with Gasteiger partial charge in [0.25, 0.3) is 0 Å². The van der Waals surface area contributed by atoms with E-state index in [0.29, 0.717) is 6.54 Å². The summed E-state index contributed by atoms with van der Waals surface area (Å²) >= 11 is 0. The van der Waals surface area contributed by atoms with Crippen molar-refractivity contribution in [1.82, 2.24) is 4.90 Å². The van der Waals surface area contributed by atoms with Gasteiger partial charge in [-0.1, -0.05) is 0 Å². The van der Waals surface area contributed by atoms with Crippen molar-refractivity contribution in [1.29, 1.82) is 0 Å². The van der Waals surface area contributed by atoms with E-state index in [9.17, 15) is 9.59 Å². The zero-order valence-corrected chi connectivity index (χ0v) is 7.75. The first-order valence-corrected chi connectivity index (χ1v) is 4.26. The van der Waals surface area contributed by atoms with E-state index in [4.69, 9.17) is 11.5 Å². The van der Waals surface area contributed by atoms with Gasteiger partial charge in [0.1, 0.15) is 0 Å². The number of nitrogens with two attached hydrogens (primary N) is 2. The molecule has 0 heterocycles. The topological polar surface area (TPSA) is 89.4 Å². The number of amides is 2. The van der Waals surface area contributed by atoms with Crippen molar-refractivity contribution in [2.75, 3.05) is 20.1 Å². The Kier molecular flexibility index (Phi) is 2.56. The summed E-state index contributed by atoms with van der Waals surface area (Å²) in [6.45, 7) is 0.329. The third-order valence-corrected chi connectivity index (χ3v) is 2.44. The number of likely N-dealkylation sites (N-methyl/N-ethyl adjacent to an activating group) is 1. The van der Waals surface area contributed by atoms with Crippen LogP contribution in [0.1, 0.15) is 12.8 Å². The van der Waals surface area contributed by atoms with Gasteiger partial charge in [-0.3, -0.25) is 9.59 Å². The molecule has 0 unspecified atom stereocenters. The maximum atomic E-state index is 11.6. The highest BCUT2D eigenvalue weighted by Gasteiger charge is 2.49. The minimum absolute atomic E-state index is 0.0272. The second-order valence-electron chi connectivity index (χ2n) is 3.61. The van der Waals surface area contributed by atoms with E-state index in [2.05, 4.69) is 0 Å². The first-order chi connectivity index (χ1) is 6.02. The molecule has 0 atom stereocenters. The fourth-order valence-corrected chi connectivity index (χ4v) is 1.37. The van der Waals surface area contributed by atoms with E-state index in [1.165, 1.54) is 4.90 Å². The van der Waals surface area contributed by atoms with Crippen molar-refractivity contribution in [2.45, 2.75) is 12.8 Å². The summed E-state index contributed by atoms with van der Waals surface area (Å²) in [4.78, 5) is 23.5. The summed E-state index contributed by atoms with van der Waals surface area (Å²) in [5.41, 5.74) is 10.1. The average molecular weight is 185 g/mol. The molecule has 4 N–H and O–H groups in total. The van der Waals surface area contributed by atoms with E-state index in [1.807, 2.05) is 0 Å². The van der Waals surface area contributed by atoms with Crippen molar-refractivity contribution in [3.05, 3.63) is 0 Å². The lowest BCUT2D eigenvalue weighted by Crippen LogP contribution is -2.42. The molecule has 0 spiro atoms. The van der Waals surface area contributed by atoms with E-state index in [0.717, 1.165) is 12.8 Å². The molecular formula is C8H15N3O2. The number of carbonyl (C=O) groups excluding carboxylic acids is 2. The first kappa shape index (κ1) is 9.98. The summed E-state index contributed by atoms with van der Waals surface area (Å²) in [5.74, 6) is -0.558. The second-order valence-corrected chi connectivity index (χ2v) is 3.61. The Morgan fingerprint density at radius 3 is 2.31 bits per heavy atom. The minimum atomic E-state index is -0.497. The molecule has 2 amide bonds. The number of nitrogens with zero attached hydrogens (tertiary/aromatic N) is 1. The molecule has 1 rings (SSSR count). The van der Waals surface area contributed by atoms with Crippen molar-refractivity contribution in [3.8, 4) is 0 Å². The van der Waals surface area contributed by atoms with E-state index >= 15 is 0 Å². The van der Waals surface area contributed by atoms with Crippen LogP contribution in [-0.2, 0) is 9.59 Å². The molecule has 0 aliphatic heterocycles. The number of hydrogen-bond acceptors (Lipinski definition) is 3. The molecule has 1 fully saturated rings. The molecule has 13 heavy (non-hydrogen) atoms. The molecule has 5 nitrogen and oxygen atoms in total. The molecule has 5 heteroatoms. The minimum Gasteiger partial charge on any atom is -0.368 e. The molecular weight excluding hydrogens is 170 g/mol. The van der Waals surface area contributed by atoms with Crippen LogP contribution in [0.5, 0.6) is 0 Å². The van der Waals surface area contributed by atoms with Crippen molar-refractivity contribution in [2.24, 2.45) is 16.9 Å². The Morgan fingerprint density at radius 1 is 1.46 bits per heavy atom. The Morgan fingerprint density at radius 2 is 2.00 bits per heavy atom. The Bertz CT molecular complexity index is 236. The van der Waals surface area contributed by atoms with Gasteiger partial charge in [-0.2, -0.15) is 0 Å². The molecule has 0 saturated heterocycles. The van der Waals surface area contributed by atoms with Crippen LogP contribution in [-0.4, -0.2) is 36.9 Å². The van der Waals surface area contributed by atoms with Crippen LogP contribution in [0.4, 0.5) is 0 Å². The fourth-order valence-electron chi connectivity index (χ4n) is 1.37. The van der Waals surface area contributed by atoms with Gasteiger partial charge in [-0.25, -0.2) is 0 Å². The monoisotopic (exact) mass is 185 g/mol. The maximum Gasteiger partial charge on any atom is 0.237 e. The maximum absolute atomic E-state index is 11.6. The third-order valence-electron chi connectivity index (χ3n) is 2.44. The number of primary amides is 1. The summed E-state index contributed by atoms with van der Waals surface area (Å²) in [6, 6.07) is 0. The quantitative estimate of drug-likeness (QED) is 0.568. The molecule has 0 aromatic carbocycles. The van der Waals surface area contributed by atoms with Gasteiger partial charge in [0.15, 0.2) is 0 Å². The van der Waals surface area contributed by atoms with Crippen LogP contribution in [0.3, 0.4) is 0 Å². The van der Waals surface area contributed by atoms with Gasteiger partial charge >= 0.3 is 0 Å². The zero-order chi connectivity index (χ0) is 10.1. The smallest absolute Gasteiger partial charge is 0.237 e. The van der Waals surface area contributed by atoms with Gasteiger partial charge in [-0.05, 0) is 12.8 Å². The normalized spacial score (nSPS) is 18.0. The largest absolute Gasteiger partial charge is 0.368 e. The molecule has 0 bridgehead atoms. The van der Waals surface area contributed by atoms with E-state index in [-0.39, 0.29) is 17.9 Å². The van der Waals surface area contributed by atoms with E-state index < -0.39 is 5.91 Å². The first-order valence-electron chi connectivity index (χ1n) is 4.26. The molecule has 1 aliphatic rings. The zero-order valence-electron chi connectivity index (χ0n) is 7.75. The van der Waals surface area contributed by atoms with Crippen molar-refractivity contribution in [3.63, 3.8) is 0 Å². The van der Waals surface area contributed by atoms with Crippen molar-refractivity contribution < 1.29 is 9.59 Å². The van der Waals surface area contributed by atoms with Crippen LogP contribution in [0.15, 0.2) is 0 Å². The van der Waals surface area contributed by atoms with Crippen molar-refractivity contribution >= 4 is 11.8 Å². The SMILES string of the molecule is CN(CC(N)=O)C(=O)C1(CN)CC1. The van der Waals surface area contributed by atoms with E-state index in [1.54, 1.807) is 7.05 Å². The summed E-state index contributed by atoms with van der Waals surface area (Å²) in [5, 5.41) is 0. The van der Waals surface area contributed by atoms with Gasteiger partial charge in [0.2, 0.25) is 11.8 Å². The standard InChI is InChI=1S/C8H15N3O2/c1-11(4-6(10)12)7(13)8(5-9)2-3-8/h2-5,9H2,1H3,(H2,10,12). The highest BCUT2D eigenvalue weighted by atomic mass is 16.2. The van der Waals surface area contributed by atoms with Crippen LogP contribution in [0.25, 0.3) is 0 Å². The van der Waals surface area contributed by atoms with Crippen LogP contribution in [0, 0.1) is 5.41 Å². The number of carbonyl (C=O) groups is 2. The molecule has 1 aliphatic carbocycles. The molecule has 74 valence electrons. The van der Waals surface area contributed by atoms with Crippen LogP contribution >= 0.6 is 0 Å². The second kappa shape index (κ2) is 3.33. The third kappa shape index (κ3) is 1.98. The summed E-state index contributed by atoms with van der Waals surface area (Å²) in [6.07, 6.45) is 1.65. The summed E-state index contributed by atoms with van der Waals surface area (Å²) < 4.78 is 0. The fraction of sp³-hybridized carbons (Fsp3) is 0.750. The average Bonchev–Trinajstić information content (AvgIpc) is 2.82.